The number of nitrogens with one attached hydrogen (secondary N) is 2. The molecule has 21 heavy (non-hydrogen) atoms. The summed E-state index contributed by atoms with van der Waals surface area (Å²) in [5.41, 5.74) is 2.61. The maximum absolute atomic E-state index is 11.7. The van der Waals surface area contributed by atoms with Crippen molar-refractivity contribution < 1.29 is 9.53 Å². The third-order valence-corrected chi connectivity index (χ3v) is 3.55. The number of rotatable bonds is 3. The van der Waals surface area contributed by atoms with Crippen LogP contribution < -0.4 is 5.32 Å². The molecule has 3 aromatic rings. The van der Waals surface area contributed by atoms with E-state index in [9.17, 15) is 4.79 Å². The molecule has 0 spiro atoms. The third-order valence-electron chi connectivity index (χ3n) is 2.88. The summed E-state index contributed by atoms with van der Waals surface area (Å²) in [7, 11) is 0. The number of amides is 1. The van der Waals surface area contributed by atoms with E-state index >= 15 is 0 Å². The summed E-state index contributed by atoms with van der Waals surface area (Å²) in [5.74, 6) is 0.380. The van der Waals surface area contributed by atoms with Crippen LogP contribution in [0.2, 0.25) is 0 Å². The molecule has 106 valence electrons. The van der Waals surface area contributed by atoms with Crippen molar-refractivity contribution in [1.29, 1.82) is 0 Å². The van der Waals surface area contributed by atoms with E-state index in [1.165, 1.54) is 0 Å². The number of nitrogens with zero attached hydrogens (tertiary/aromatic N) is 1. The van der Waals surface area contributed by atoms with E-state index in [4.69, 9.17) is 4.74 Å². The molecule has 6 heteroatoms. The summed E-state index contributed by atoms with van der Waals surface area (Å²) < 4.78 is 6.24. The van der Waals surface area contributed by atoms with Crippen molar-refractivity contribution in [3.05, 3.63) is 57.7 Å². The summed E-state index contributed by atoms with van der Waals surface area (Å²) in [6.07, 6.45) is -0.535. The number of H-pyrrole nitrogens is 1. The number of hydrogen-bond donors (Lipinski definition) is 2. The second-order valence-corrected chi connectivity index (χ2v) is 5.68. The molecular formula is C15H12IN3O2. The predicted octanol–water partition coefficient (Wildman–Crippen LogP) is 3.92. The van der Waals surface area contributed by atoms with Crippen molar-refractivity contribution in [3.63, 3.8) is 0 Å². The van der Waals surface area contributed by atoms with Gasteiger partial charge >= 0.3 is 6.09 Å². The molecule has 0 saturated carbocycles. The minimum Gasteiger partial charge on any atom is -0.444 e. The molecule has 2 aromatic carbocycles. The molecule has 0 saturated heterocycles. The third kappa shape index (κ3) is 3.52. The second-order valence-electron chi connectivity index (χ2n) is 4.43. The highest BCUT2D eigenvalue weighted by Gasteiger charge is 2.08. The van der Waals surface area contributed by atoms with Crippen LogP contribution in [0, 0.1) is 3.57 Å². The van der Waals surface area contributed by atoms with Gasteiger partial charge in [-0.3, -0.25) is 5.32 Å². The van der Waals surface area contributed by atoms with Gasteiger partial charge in [-0.1, -0.05) is 30.3 Å². The van der Waals surface area contributed by atoms with Crippen LogP contribution in [0.25, 0.3) is 11.0 Å². The van der Waals surface area contributed by atoms with Gasteiger partial charge in [0.05, 0.1) is 11.0 Å². The maximum atomic E-state index is 11.7. The van der Waals surface area contributed by atoms with Gasteiger partial charge < -0.3 is 9.72 Å². The van der Waals surface area contributed by atoms with Gasteiger partial charge in [0.25, 0.3) is 0 Å². The summed E-state index contributed by atoms with van der Waals surface area (Å²) >= 11 is 2.22. The van der Waals surface area contributed by atoms with Crippen LogP contribution in [0.3, 0.4) is 0 Å². The number of halogens is 1. The molecule has 5 nitrogen and oxygen atoms in total. The SMILES string of the molecule is O=C(Nc1nc2ccc(I)cc2[nH]1)OCc1ccccc1. The molecular weight excluding hydrogens is 381 g/mol. The molecule has 1 heterocycles. The number of fused-ring (bicyclic) bond motifs is 1. The number of imidazole rings is 1. The van der Waals surface area contributed by atoms with Crippen molar-refractivity contribution >= 4 is 45.7 Å². The van der Waals surface area contributed by atoms with Gasteiger partial charge in [0.15, 0.2) is 0 Å². The lowest BCUT2D eigenvalue weighted by atomic mass is 10.2. The molecule has 0 aliphatic rings. The Balaban J connectivity index is 1.63. The largest absolute Gasteiger partial charge is 0.444 e. The van der Waals surface area contributed by atoms with E-state index in [0.717, 1.165) is 20.2 Å². The standard InChI is InChI=1S/C15H12IN3O2/c16-11-6-7-12-13(8-11)18-14(17-12)19-15(20)21-9-10-4-2-1-3-5-10/h1-8H,9H2,(H2,17,18,19,20). The molecule has 2 N–H and O–H groups in total. The molecule has 0 atom stereocenters. The molecule has 1 aromatic heterocycles. The summed E-state index contributed by atoms with van der Waals surface area (Å²) in [4.78, 5) is 19.1. The van der Waals surface area contributed by atoms with Gasteiger partial charge in [-0.15, -0.1) is 0 Å². The Morgan fingerprint density at radius 1 is 1.24 bits per heavy atom. The van der Waals surface area contributed by atoms with Crippen LogP contribution >= 0.6 is 22.6 Å². The topological polar surface area (TPSA) is 67.0 Å². The van der Waals surface area contributed by atoms with Crippen molar-refractivity contribution in [2.45, 2.75) is 6.61 Å². The molecule has 0 aliphatic heterocycles. The quantitative estimate of drug-likeness (QED) is 0.663. The van der Waals surface area contributed by atoms with E-state index < -0.39 is 6.09 Å². The van der Waals surface area contributed by atoms with E-state index in [-0.39, 0.29) is 6.61 Å². The molecule has 0 aliphatic carbocycles. The van der Waals surface area contributed by atoms with E-state index in [2.05, 4.69) is 37.9 Å². The van der Waals surface area contributed by atoms with Crippen LogP contribution in [0.15, 0.2) is 48.5 Å². The first kappa shape index (κ1) is 13.9. The highest BCUT2D eigenvalue weighted by molar-refractivity contribution is 14.1. The Morgan fingerprint density at radius 3 is 2.86 bits per heavy atom. The number of hydrogen-bond acceptors (Lipinski definition) is 3. The van der Waals surface area contributed by atoms with Crippen LogP contribution in [0.1, 0.15) is 5.56 Å². The lowest BCUT2D eigenvalue weighted by Crippen LogP contribution is -2.14. The first-order valence-electron chi connectivity index (χ1n) is 6.34. The van der Waals surface area contributed by atoms with Crippen molar-refractivity contribution in [3.8, 4) is 0 Å². The van der Waals surface area contributed by atoms with Crippen LogP contribution in [-0.2, 0) is 11.3 Å². The number of carbonyl (C=O) groups is 1. The predicted molar refractivity (Wildman–Crippen MR) is 89.1 cm³/mol. The maximum Gasteiger partial charge on any atom is 0.414 e. The van der Waals surface area contributed by atoms with Gasteiger partial charge in [-0.2, -0.15) is 0 Å². The van der Waals surface area contributed by atoms with E-state index in [1.54, 1.807) is 0 Å². The Labute approximate surface area is 134 Å². The zero-order chi connectivity index (χ0) is 14.7. The number of benzene rings is 2. The highest BCUT2D eigenvalue weighted by atomic mass is 127. The fourth-order valence-electron chi connectivity index (χ4n) is 1.90. The molecule has 0 radical (unpaired) electrons. The normalized spacial score (nSPS) is 10.5. The molecule has 3 rings (SSSR count). The van der Waals surface area contributed by atoms with E-state index in [1.807, 2.05) is 48.5 Å². The average molecular weight is 393 g/mol. The second kappa shape index (κ2) is 6.13. The zero-order valence-corrected chi connectivity index (χ0v) is 13.1. The molecule has 0 bridgehead atoms. The zero-order valence-electron chi connectivity index (χ0n) is 11.0. The number of anilines is 1. The number of carbonyl (C=O) groups excluding carboxylic acids is 1. The Kier molecular flexibility index (Phi) is 4.05. The van der Waals surface area contributed by atoms with Crippen molar-refractivity contribution in [2.24, 2.45) is 0 Å². The van der Waals surface area contributed by atoms with Crippen molar-refractivity contribution in [1.82, 2.24) is 9.97 Å². The first-order valence-corrected chi connectivity index (χ1v) is 7.41. The van der Waals surface area contributed by atoms with Crippen LogP contribution in [0.4, 0.5) is 10.7 Å². The van der Waals surface area contributed by atoms with E-state index in [0.29, 0.717) is 5.95 Å². The first-order chi connectivity index (χ1) is 10.2. The van der Waals surface area contributed by atoms with Crippen LogP contribution in [0.5, 0.6) is 0 Å². The number of ether oxygens (including phenoxy) is 1. The minimum atomic E-state index is -0.535. The molecule has 0 fully saturated rings. The molecule has 0 unspecified atom stereocenters. The monoisotopic (exact) mass is 393 g/mol. The fraction of sp³-hybridized carbons (Fsp3) is 0.0667. The lowest BCUT2D eigenvalue weighted by molar-refractivity contribution is 0.155. The van der Waals surface area contributed by atoms with Gasteiger partial charge in [0.1, 0.15) is 6.61 Å². The Bertz CT molecular complexity index is 771. The van der Waals surface area contributed by atoms with Crippen molar-refractivity contribution in [2.75, 3.05) is 5.32 Å². The fourth-order valence-corrected chi connectivity index (χ4v) is 2.39. The minimum absolute atomic E-state index is 0.227. The summed E-state index contributed by atoms with van der Waals surface area (Å²) in [6.45, 7) is 0.227. The molecule has 1 amide bonds. The smallest absolute Gasteiger partial charge is 0.414 e. The summed E-state index contributed by atoms with van der Waals surface area (Å²) in [6, 6.07) is 15.3. The average Bonchev–Trinajstić information content (AvgIpc) is 2.87. The van der Waals surface area contributed by atoms with Gasteiger partial charge in [-0.05, 0) is 46.4 Å². The van der Waals surface area contributed by atoms with Gasteiger partial charge in [0, 0.05) is 3.57 Å². The van der Waals surface area contributed by atoms with Gasteiger partial charge in [-0.25, -0.2) is 9.78 Å². The summed E-state index contributed by atoms with van der Waals surface area (Å²) in [5, 5.41) is 2.59. The highest BCUT2D eigenvalue weighted by Crippen LogP contribution is 2.17. The number of aromatic nitrogens is 2. The Morgan fingerprint density at radius 2 is 2.05 bits per heavy atom. The lowest BCUT2D eigenvalue weighted by Gasteiger charge is -2.04. The Hall–Kier alpha value is -2.09. The van der Waals surface area contributed by atoms with Crippen LogP contribution in [-0.4, -0.2) is 16.1 Å². The number of aromatic amines is 1. The van der Waals surface area contributed by atoms with Gasteiger partial charge in [0.2, 0.25) is 5.95 Å².